The molecule has 2 heterocycles. The first-order chi connectivity index (χ1) is 10.0. The minimum absolute atomic E-state index is 0.179. The molecule has 108 valence electrons. The number of carbonyl (C=O) groups excluding carboxylic acids is 2. The van der Waals surface area contributed by atoms with Crippen LogP contribution in [0.3, 0.4) is 0 Å². The van der Waals surface area contributed by atoms with Gasteiger partial charge in [0.25, 0.3) is 0 Å². The van der Waals surface area contributed by atoms with E-state index in [1.807, 2.05) is 0 Å². The summed E-state index contributed by atoms with van der Waals surface area (Å²) in [6.45, 7) is 0. The monoisotopic (exact) mass is 287 g/mol. The third kappa shape index (κ3) is 2.56. The summed E-state index contributed by atoms with van der Waals surface area (Å²) in [7, 11) is 1.77. The molecule has 1 fully saturated rings. The van der Waals surface area contributed by atoms with Crippen molar-refractivity contribution >= 4 is 11.8 Å². The van der Waals surface area contributed by atoms with E-state index in [0.717, 1.165) is 5.56 Å². The topological polar surface area (TPSA) is 64.0 Å². The highest BCUT2D eigenvalue weighted by molar-refractivity contribution is 6.02. The first-order valence-electron chi connectivity index (χ1n) is 6.62. The molecule has 1 aliphatic heterocycles. The average molecular weight is 287 g/mol. The highest BCUT2D eigenvalue weighted by Crippen LogP contribution is 2.38. The van der Waals surface area contributed by atoms with Gasteiger partial charge < -0.3 is 0 Å². The van der Waals surface area contributed by atoms with Crippen molar-refractivity contribution in [2.45, 2.75) is 18.3 Å². The SMILES string of the molecule is Cn1cc(C2CC(=O)NC(=O)C2c2cccc(F)c2)cn1. The number of hydrogen-bond acceptors (Lipinski definition) is 3. The molecule has 2 unspecified atom stereocenters. The number of piperidine rings is 1. The van der Waals surface area contributed by atoms with Crippen LogP contribution in [0.25, 0.3) is 0 Å². The molecule has 2 aromatic rings. The maximum absolute atomic E-state index is 13.4. The summed E-state index contributed by atoms with van der Waals surface area (Å²) in [5.74, 6) is -2.04. The Bertz CT molecular complexity index is 710. The molecule has 2 atom stereocenters. The molecule has 5 nitrogen and oxygen atoms in total. The molecule has 1 saturated heterocycles. The van der Waals surface area contributed by atoms with E-state index < -0.39 is 17.6 Å². The number of halogens is 1. The fraction of sp³-hybridized carbons (Fsp3) is 0.267. The molecule has 6 heteroatoms. The van der Waals surface area contributed by atoms with Crippen molar-refractivity contribution in [3.05, 3.63) is 53.6 Å². The van der Waals surface area contributed by atoms with Crippen LogP contribution in [0.1, 0.15) is 29.4 Å². The lowest BCUT2D eigenvalue weighted by molar-refractivity contribution is -0.135. The number of aromatic nitrogens is 2. The van der Waals surface area contributed by atoms with Gasteiger partial charge in [-0.3, -0.25) is 19.6 Å². The number of aryl methyl sites for hydroxylation is 1. The van der Waals surface area contributed by atoms with Crippen molar-refractivity contribution in [3.63, 3.8) is 0 Å². The van der Waals surface area contributed by atoms with Crippen molar-refractivity contribution in [2.24, 2.45) is 7.05 Å². The third-order valence-corrected chi connectivity index (χ3v) is 3.71. The Morgan fingerprint density at radius 3 is 2.81 bits per heavy atom. The Labute approximate surface area is 120 Å². The summed E-state index contributed by atoms with van der Waals surface area (Å²) in [4.78, 5) is 23.9. The van der Waals surface area contributed by atoms with Crippen molar-refractivity contribution in [2.75, 3.05) is 0 Å². The number of carbonyl (C=O) groups is 2. The van der Waals surface area contributed by atoms with Crippen LogP contribution in [0.2, 0.25) is 0 Å². The molecule has 21 heavy (non-hydrogen) atoms. The molecule has 1 aliphatic rings. The Balaban J connectivity index is 2.04. The fourth-order valence-electron chi connectivity index (χ4n) is 2.79. The van der Waals surface area contributed by atoms with Crippen LogP contribution in [0, 0.1) is 5.82 Å². The molecule has 3 rings (SSSR count). The molecule has 1 N–H and O–H groups in total. The number of nitrogens with zero attached hydrogens (tertiary/aromatic N) is 2. The van der Waals surface area contributed by atoms with Crippen LogP contribution >= 0.6 is 0 Å². The summed E-state index contributed by atoms with van der Waals surface area (Å²) in [5, 5.41) is 6.41. The lowest BCUT2D eigenvalue weighted by Crippen LogP contribution is -2.43. The van der Waals surface area contributed by atoms with Gasteiger partial charge >= 0.3 is 0 Å². The molecule has 0 saturated carbocycles. The highest BCUT2D eigenvalue weighted by atomic mass is 19.1. The highest BCUT2D eigenvalue weighted by Gasteiger charge is 2.38. The van der Waals surface area contributed by atoms with E-state index in [1.54, 1.807) is 36.3 Å². The van der Waals surface area contributed by atoms with E-state index in [1.165, 1.54) is 12.1 Å². The number of benzene rings is 1. The molecule has 1 aromatic carbocycles. The van der Waals surface area contributed by atoms with Gasteiger partial charge in [0.1, 0.15) is 5.82 Å². The minimum Gasteiger partial charge on any atom is -0.296 e. The predicted octanol–water partition coefficient (Wildman–Crippen LogP) is 1.47. The van der Waals surface area contributed by atoms with E-state index in [4.69, 9.17) is 0 Å². The standard InChI is InChI=1S/C15H14FN3O2/c1-19-8-10(7-17-19)12-6-13(20)18-15(21)14(12)9-3-2-4-11(16)5-9/h2-5,7-8,12,14H,6H2,1H3,(H,18,20,21). The first kappa shape index (κ1) is 13.5. The number of hydrogen-bond donors (Lipinski definition) is 1. The summed E-state index contributed by atoms with van der Waals surface area (Å²) in [6.07, 6.45) is 3.60. The van der Waals surface area contributed by atoms with Crippen molar-refractivity contribution in [1.82, 2.24) is 15.1 Å². The lowest BCUT2D eigenvalue weighted by atomic mass is 9.77. The predicted molar refractivity (Wildman–Crippen MR) is 72.9 cm³/mol. The van der Waals surface area contributed by atoms with E-state index in [2.05, 4.69) is 10.4 Å². The average Bonchev–Trinajstić information content (AvgIpc) is 2.84. The van der Waals surface area contributed by atoms with Crippen LogP contribution in [-0.2, 0) is 16.6 Å². The van der Waals surface area contributed by atoms with Crippen LogP contribution in [0.5, 0.6) is 0 Å². The van der Waals surface area contributed by atoms with Crippen LogP contribution in [0.15, 0.2) is 36.7 Å². The van der Waals surface area contributed by atoms with E-state index in [-0.39, 0.29) is 18.2 Å². The molecular weight excluding hydrogens is 273 g/mol. The van der Waals surface area contributed by atoms with Gasteiger partial charge in [0, 0.05) is 25.6 Å². The normalized spacial score (nSPS) is 22.2. The lowest BCUT2D eigenvalue weighted by Gasteiger charge is -2.29. The van der Waals surface area contributed by atoms with Crippen molar-refractivity contribution in [3.8, 4) is 0 Å². The van der Waals surface area contributed by atoms with Gasteiger partial charge in [-0.15, -0.1) is 0 Å². The van der Waals surface area contributed by atoms with Crippen molar-refractivity contribution in [1.29, 1.82) is 0 Å². The van der Waals surface area contributed by atoms with Gasteiger partial charge in [-0.25, -0.2) is 4.39 Å². The maximum Gasteiger partial charge on any atom is 0.234 e. The zero-order valence-corrected chi connectivity index (χ0v) is 11.4. The Morgan fingerprint density at radius 1 is 1.33 bits per heavy atom. The molecule has 0 spiro atoms. The quantitative estimate of drug-likeness (QED) is 0.851. The van der Waals surface area contributed by atoms with Crippen molar-refractivity contribution < 1.29 is 14.0 Å². The summed E-state index contributed by atoms with van der Waals surface area (Å²) >= 11 is 0. The van der Waals surface area contributed by atoms with Gasteiger partial charge in [0.15, 0.2) is 0 Å². The number of nitrogens with one attached hydrogen (secondary N) is 1. The molecular formula is C15H14FN3O2. The second-order valence-electron chi connectivity index (χ2n) is 5.20. The summed E-state index contributed by atoms with van der Waals surface area (Å²) < 4.78 is 15.1. The van der Waals surface area contributed by atoms with Crippen LogP contribution < -0.4 is 5.32 Å². The van der Waals surface area contributed by atoms with Gasteiger partial charge in [-0.05, 0) is 23.3 Å². The zero-order valence-electron chi connectivity index (χ0n) is 11.4. The van der Waals surface area contributed by atoms with Crippen LogP contribution in [0.4, 0.5) is 4.39 Å². The Hall–Kier alpha value is -2.50. The van der Waals surface area contributed by atoms with E-state index in [0.29, 0.717) is 5.56 Å². The largest absolute Gasteiger partial charge is 0.296 e. The second-order valence-corrected chi connectivity index (χ2v) is 5.20. The first-order valence-corrected chi connectivity index (χ1v) is 6.62. The Kier molecular flexibility index (Phi) is 3.29. The molecule has 2 amide bonds. The van der Waals surface area contributed by atoms with E-state index in [9.17, 15) is 14.0 Å². The molecule has 1 aromatic heterocycles. The summed E-state index contributed by atoms with van der Waals surface area (Å²) in [6, 6.07) is 5.93. The second kappa shape index (κ2) is 5.12. The van der Waals surface area contributed by atoms with Gasteiger partial charge in [-0.2, -0.15) is 5.10 Å². The molecule has 0 bridgehead atoms. The maximum atomic E-state index is 13.4. The number of imide groups is 1. The fourth-order valence-corrected chi connectivity index (χ4v) is 2.79. The zero-order chi connectivity index (χ0) is 15.0. The smallest absolute Gasteiger partial charge is 0.234 e. The third-order valence-electron chi connectivity index (χ3n) is 3.71. The molecule has 0 radical (unpaired) electrons. The summed E-state index contributed by atoms with van der Waals surface area (Å²) in [5.41, 5.74) is 1.36. The Morgan fingerprint density at radius 2 is 2.14 bits per heavy atom. The van der Waals surface area contributed by atoms with Gasteiger partial charge in [0.05, 0.1) is 12.1 Å². The number of amides is 2. The van der Waals surface area contributed by atoms with Gasteiger partial charge in [-0.1, -0.05) is 12.1 Å². The molecule has 0 aliphatic carbocycles. The van der Waals surface area contributed by atoms with Gasteiger partial charge in [0.2, 0.25) is 11.8 Å². The van der Waals surface area contributed by atoms with E-state index >= 15 is 0 Å². The number of rotatable bonds is 2. The van der Waals surface area contributed by atoms with Crippen LogP contribution in [-0.4, -0.2) is 21.6 Å². The minimum atomic E-state index is -0.595.